The van der Waals surface area contributed by atoms with Crippen LogP contribution < -0.4 is 5.32 Å². The zero-order valence-electron chi connectivity index (χ0n) is 14.1. The highest BCUT2D eigenvalue weighted by Gasteiger charge is 2.32. The summed E-state index contributed by atoms with van der Waals surface area (Å²) in [6.07, 6.45) is 3.52. The van der Waals surface area contributed by atoms with E-state index in [9.17, 15) is 0 Å². The van der Waals surface area contributed by atoms with Crippen molar-refractivity contribution in [2.75, 3.05) is 18.5 Å². The van der Waals surface area contributed by atoms with Gasteiger partial charge in [0.05, 0.1) is 0 Å². The second kappa shape index (κ2) is 6.73. The molecule has 1 aromatic heterocycles. The van der Waals surface area contributed by atoms with Gasteiger partial charge in [-0.05, 0) is 31.6 Å². The molecule has 0 saturated heterocycles. The minimum atomic E-state index is -0.0663. The van der Waals surface area contributed by atoms with Gasteiger partial charge in [0.15, 0.2) is 5.82 Å². The van der Waals surface area contributed by atoms with E-state index in [2.05, 4.69) is 39.1 Å². The Morgan fingerprint density at radius 2 is 2.00 bits per heavy atom. The maximum absolute atomic E-state index is 5.95. The average Bonchev–Trinajstić information content (AvgIpc) is 3.25. The predicted molar refractivity (Wildman–Crippen MR) is 86.6 cm³/mol. The standard InChI is InChI=1S/C17H29N3O/c1-6-10-18-14-11-13(12-8-9-12)19-16(20-14)15(21-7-2)17(3,4)5/h11-12,15H,6-10H2,1-5H3,(H,18,19,20). The number of anilines is 1. The van der Waals surface area contributed by atoms with Gasteiger partial charge in [-0.1, -0.05) is 27.7 Å². The fraction of sp³-hybridized carbons (Fsp3) is 0.765. The van der Waals surface area contributed by atoms with E-state index in [-0.39, 0.29) is 11.5 Å². The van der Waals surface area contributed by atoms with Crippen molar-refractivity contribution in [1.29, 1.82) is 0 Å². The van der Waals surface area contributed by atoms with Crippen molar-refractivity contribution in [1.82, 2.24) is 9.97 Å². The molecule has 0 aliphatic heterocycles. The van der Waals surface area contributed by atoms with Gasteiger partial charge in [0, 0.05) is 30.8 Å². The van der Waals surface area contributed by atoms with E-state index >= 15 is 0 Å². The molecule has 0 amide bonds. The summed E-state index contributed by atoms with van der Waals surface area (Å²) in [5.74, 6) is 2.39. The molecule has 1 fully saturated rings. The zero-order valence-corrected chi connectivity index (χ0v) is 14.1. The van der Waals surface area contributed by atoms with Gasteiger partial charge in [0.25, 0.3) is 0 Å². The van der Waals surface area contributed by atoms with Gasteiger partial charge >= 0.3 is 0 Å². The van der Waals surface area contributed by atoms with Crippen molar-refractivity contribution in [2.45, 2.75) is 65.9 Å². The lowest BCUT2D eigenvalue weighted by molar-refractivity contribution is -0.0191. The van der Waals surface area contributed by atoms with E-state index in [0.717, 1.165) is 24.6 Å². The summed E-state index contributed by atoms with van der Waals surface area (Å²) >= 11 is 0. The fourth-order valence-electron chi connectivity index (χ4n) is 2.41. The van der Waals surface area contributed by atoms with Crippen molar-refractivity contribution >= 4 is 5.82 Å². The van der Waals surface area contributed by atoms with Crippen LogP contribution in [0.5, 0.6) is 0 Å². The Morgan fingerprint density at radius 1 is 1.29 bits per heavy atom. The molecule has 1 N–H and O–H groups in total. The van der Waals surface area contributed by atoms with Crippen molar-refractivity contribution in [2.24, 2.45) is 5.41 Å². The summed E-state index contributed by atoms with van der Waals surface area (Å²) in [6.45, 7) is 12.3. The van der Waals surface area contributed by atoms with Gasteiger partial charge in [-0.2, -0.15) is 0 Å². The van der Waals surface area contributed by atoms with Crippen LogP contribution >= 0.6 is 0 Å². The van der Waals surface area contributed by atoms with Gasteiger partial charge in [-0.3, -0.25) is 0 Å². The number of nitrogens with one attached hydrogen (secondary N) is 1. The maximum Gasteiger partial charge on any atom is 0.160 e. The lowest BCUT2D eigenvalue weighted by atomic mass is 9.88. The van der Waals surface area contributed by atoms with Crippen molar-refractivity contribution in [3.8, 4) is 0 Å². The minimum absolute atomic E-state index is 0.0137. The average molecular weight is 291 g/mol. The maximum atomic E-state index is 5.95. The van der Waals surface area contributed by atoms with Crippen molar-refractivity contribution < 1.29 is 4.74 Å². The normalized spacial score (nSPS) is 16.8. The summed E-state index contributed by atoms with van der Waals surface area (Å²) in [5, 5.41) is 3.40. The van der Waals surface area contributed by atoms with E-state index in [1.54, 1.807) is 0 Å². The molecule has 0 radical (unpaired) electrons. The summed E-state index contributed by atoms with van der Waals surface area (Å²) in [6, 6.07) is 2.11. The lowest BCUT2D eigenvalue weighted by Gasteiger charge is -2.29. The van der Waals surface area contributed by atoms with Gasteiger partial charge in [-0.15, -0.1) is 0 Å². The summed E-state index contributed by atoms with van der Waals surface area (Å²) in [4.78, 5) is 9.53. The zero-order chi connectivity index (χ0) is 15.5. The first kappa shape index (κ1) is 16.2. The van der Waals surface area contributed by atoms with Gasteiger partial charge in [0.1, 0.15) is 11.9 Å². The summed E-state index contributed by atoms with van der Waals surface area (Å²) in [5.41, 5.74) is 1.16. The van der Waals surface area contributed by atoms with Gasteiger partial charge in [0.2, 0.25) is 0 Å². The van der Waals surface area contributed by atoms with Crippen LogP contribution in [-0.2, 0) is 4.74 Å². The van der Waals surface area contributed by atoms with E-state index in [0.29, 0.717) is 12.5 Å². The summed E-state index contributed by atoms with van der Waals surface area (Å²) < 4.78 is 5.95. The Kier molecular flexibility index (Phi) is 5.20. The monoisotopic (exact) mass is 291 g/mol. The summed E-state index contributed by atoms with van der Waals surface area (Å²) in [7, 11) is 0. The first-order valence-corrected chi connectivity index (χ1v) is 8.20. The topological polar surface area (TPSA) is 47.0 Å². The Balaban J connectivity index is 2.32. The second-order valence-electron chi connectivity index (χ2n) is 6.94. The van der Waals surface area contributed by atoms with E-state index in [1.165, 1.54) is 18.5 Å². The lowest BCUT2D eigenvalue weighted by Crippen LogP contribution is -2.24. The van der Waals surface area contributed by atoms with Crippen LogP contribution in [0.25, 0.3) is 0 Å². The third-order valence-electron chi connectivity index (χ3n) is 3.67. The van der Waals surface area contributed by atoms with Crippen LogP contribution in [0.4, 0.5) is 5.82 Å². The molecule has 2 rings (SSSR count). The molecule has 1 heterocycles. The Bertz CT molecular complexity index is 464. The molecule has 1 aliphatic rings. The molecule has 118 valence electrons. The number of hydrogen-bond donors (Lipinski definition) is 1. The number of rotatable bonds is 7. The SMILES string of the molecule is CCCNc1cc(C2CC2)nc(C(OCC)C(C)(C)C)n1. The molecule has 1 unspecified atom stereocenters. The van der Waals surface area contributed by atoms with E-state index in [1.807, 2.05) is 6.92 Å². The molecule has 0 aromatic carbocycles. The van der Waals surface area contributed by atoms with Crippen LogP contribution in [-0.4, -0.2) is 23.1 Å². The smallest absolute Gasteiger partial charge is 0.160 e. The molecule has 0 bridgehead atoms. The van der Waals surface area contributed by atoms with Crippen LogP contribution in [0.1, 0.15) is 77.4 Å². The van der Waals surface area contributed by atoms with Gasteiger partial charge in [-0.25, -0.2) is 9.97 Å². The molecule has 1 saturated carbocycles. The first-order chi connectivity index (χ1) is 9.95. The third-order valence-corrected chi connectivity index (χ3v) is 3.67. The minimum Gasteiger partial charge on any atom is -0.370 e. The van der Waals surface area contributed by atoms with Crippen LogP contribution in [0, 0.1) is 5.41 Å². The largest absolute Gasteiger partial charge is 0.370 e. The number of nitrogens with zero attached hydrogens (tertiary/aromatic N) is 2. The Hall–Kier alpha value is -1.16. The Morgan fingerprint density at radius 3 is 2.52 bits per heavy atom. The molecular formula is C17H29N3O. The number of ether oxygens (including phenoxy) is 1. The molecule has 1 aliphatic carbocycles. The number of hydrogen-bond acceptors (Lipinski definition) is 4. The molecule has 4 heteroatoms. The molecule has 0 spiro atoms. The highest BCUT2D eigenvalue weighted by atomic mass is 16.5. The molecule has 21 heavy (non-hydrogen) atoms. The van der Waals surface area contributed by atoms with Crippen LogP contribution in [0.3, 0.4) is 0 Å². The Labute approximate surface area is 128 Å². The second-order valence-corrected chi connectivity index (χ2v) is 6.94. The first-order valence-electron chi connectivity index (χ1n) is 8.20. The third kappa shape index (κ3) is 4.40. The molecular weight excluding hydrogens is 262 g/mol. The van der Waals surface area contributed by atoms with Crippen molar-refractivity contribution in [3.63, 3.8) is 0 Å². The highest BCUT2D eigenvalue weighted by molar-refractivity contribution is 5.38. The number of aromatic nitrogens is 2. The fourth-order valence-corrected chi connectivity index (χ4v) is 2.41. The molecule has 4 nitrogen and oxygen atoms in total. The highest BCUT2D eigenvalue weighted by Crippen LogP contribution is 2.41. The van der Waals surface area contributed by atoms with E-state index in [4.69, 9.17) is 14.7 Å². The predicted octanol–water partition coefficient (Wildman–Crippen LogP) is 4.30. The van der Waals surface area contributed by atoms with Crippen LogP contribution in [0.2, 0.25) is 0 Å². The molecule has 1 aromatic rings. The van der Waals surface area contributed by atoms with Gasteiger partial charge < -0.3 is 10.1 Å². The molecule has 1 atom stereocenters. The van der Waals surface area contributed by atoms with E-state index < -0.39 is 0 Å². The quantitative estimate of drug-likeness (QED) is 0.813. The van der Waals surface area contributed by atoms with Crippen molar-refractivity contribution in [3.05, 3.63) is 17.6 Å². The van der Waals surface area contributed by atoms with Crippen LogP contribution in [0.15, 0.2) is 6.07 Å².